The lowest BCUT2D eigenvalue weighted by atomic mass is 9.62. The molecule has 31 heavy (non-hydrogen) atoms. The number of hydrogen-bond acceptors (Lipinski definition) is 3. The number of aliphatic hydroxyl groups is 1. The standard InChI is InChI=1S/C27H35NO3/c1-19-7-6-10-26(2)17-24-21(15-23(19)26)22(25(29)31-24)18-28-13-11-27(30,12-14-28)16-20-8-4-3-5-9-20/h3-5,7-9,15,21-22,24,30H,6,10-14,16-18H2,1-2H3/p+1/t21-,22+,24-,26-/m1/s1. The predicted molar refractivity (Wildman–Crippen MR) is 121 cm³/mol. The molecule has 0 unspecified atom stereocenters. The fourth-order valence-corrected chi connectivity index (χ4v) is 6.60. The number of esters is 1. The molecule has 166 valence electrons. The van der Waals surface area contributed by atoms with E-state index in [1.54, 1.807) is 0 Å². The lowest BCUT2D eigenvalue weighted by molar-refractivity contribution is -0.910. The molecule has 2 aliphatic heterocycles. The summed E-state index contributed by atoms with van der Waals surface area (Å²) in [5, 5.41) is 11.1. The molecule has 0 spiro atoms. The second-order valence-corrected chi connectivity index (χ2v) is 10.8. The van der Waals surface area contributed by atoms with Crippen LogP contribution in [0.5, 0.6) is 0 Å². The smallest absolute Gasteiger partial charge is 0.315 e. The zero-order chi connectivity index (χ0) is 21.6. The Hall–Kier alpha value is -1.91. The van der Waals surface area contributed by atoms with Crippen molar-refractivity contribution in [3.05, 3.63) is 59.2 Å². The largest absolute Gasteiger partial charge is 0.461 e. The van der Waals surface area contributed by atoms with Crippen molar-refractivity contribution in [2.75, 3.05) is 19.6 Å². The minimum atomic E-state index is -0.623. The van der Waals surface area contributed by atoms with Gasteiger partial charge in [-0.15, -0.1) is 0 Å². The van der Waals surface area contributed by atoms with E-state index >= 15 is 0 Å². The van der Waals surface area contributed by atoms with E-state index in [-0.39, 0.29) is 29.3 Å². The Labute approximate surface area is 186 Å². The molecule has 1 aromatic rings. The number of allylic oxidation sites excluding steroid dienone is 3. The van der Waals surface area contributed by atoms with Gasteiger partial charge in [-0.05, 0) is 42.7 Å². The highest BCUT2D eigenvalue weighted by Crippen LogP contribution is 2.52. The van der Waals surface area contributed by atoms with Gasteiger partial charge in [-0.1, -0.05) is 55.0 Å². The number of hydrogen-bond donors (Lipinski definition) is 2. The van der Waals surface area contributed by atoms with Gasteiger partial charge in [0.1, 0.15) is 12.0 Å². The van der Waals surface area contributed by atoms with Gasteiger partial charge in [0.15, 0.2) is 0 Å². The van der Waals surface area contributed by atoms with Crippen LogP contribution in [0.4, 0.5) is 0 Å². The average molecular weight is 423 g/mol. The van der Waals surface area contributed by atoms with Crippen LogP contribution < -0.4 is 4.90 Å². The first-order chi connectivity index (χ1) is 14.9. The van der Waals surface area contributed by atoms with Crippen LogP contribution in [-0.4, -0.2) is 42.4 Å². The molecular formula is C27H36NO3+. The maximum Gasteiger partial charge on any atom is 0.315 e. The van der Waals surface area contributed by atoms with Crippen molar-refractivity contribution in [1.82, 2.24) is 0 Å². The normalized spacial score (nSPS) is 39.8. The summed E-state index contributed by atoms with van der Waals surface area (Å²) in [7, 11) is 0. The molecule has 0 aromatic heterocycles. The molecule has 4 heteroatoms. The number of quaternary nitrogens is 1. The van der Waals surface area contributed by atoms with E-state index in [2.05, 4.69) is 38.1 Å². The number of nitrogens with one attached hydrogen (secondary N) is 1. The van der Waals surface area contributed by atoms with Gasteiger partial charge in [0.25, 0.3) is 0 Å². The Balaban J connectivity index is 1.25. The Morgan fingerprint density at radius 2 is 1.90 bits per heavy atom. The number of ether oxygens (including phenoxy) is 1. The third-order valence-electron chi connectivity index (χ3n) is 8.47. The van der Waals surface area contributed by atoms with Crippen LogP contribution in [0.15, 0.2) is 53.6 Å². The zero-order valence-electron chi connectivity index (χ0n) is 18.9. The van der Waals surface area contributed by atoms with Gasteiger partial charge in [-0.3, -0.25) is 4.79 Å². The molecule has 0 radical (unpaired) electrons. The highest BCUT2D eigenvalue weighted by molar-refractivity contribution is 5.76. The van der Waals surface area contributed by atoms with Gasteiger partial charge in [0.05, 0.1) is 25.2 Å². The summed E-state index contributed by atoms with van der Waals surface area (Å²) in [6, 6.07) is 10.3. The van der Waals surface area contributed by atoms with Crippen molar-refractivity contribution in [3.63, 3.8) is 0 Å². The lowest BCUT2D eigenvalue weighted by Crippen LogP contribution is -3.14. The molecule has 4 atom stereocenters. The molecule has 2 saturated heterocycles. The molecule has 2 N–H and O–H groups in total. The summed E-state index contributed by atoms with van der Waals surface area (Å²) in [4.78, 5) is 14.3. The Bertz CT molecular complexity index is 896. The number of benzene rings is 1. The van der Waals surface area contributed by atoms with E-state index in [1.807, 2.05) is 18.2 Å². The minimum Gasteiger partial charge on any atom is -0.461 e. The third kappa shape index (κ3) is 4.01. The molecule has 0 bridgehead atoms. The molecule has 2 heterocycles. The molecule has 0 saturated carbocycles. The summed E-state index contributed by atoms with van der Waals surface area (Å²) in [6.45, 7) is 7.22. The van der Waals surface area contributed by atoms with Crippen molar-refractivity contribution >= 4 is 5.97 Å². The Kier molecular flexibility index (Phi) is 5.34. The number of likely N-dealkylation sites (tertiary alicyclic amines) is 1. The van der Waals surface area contributed by atoms with Crippen LogP contribution in [0.25, 0.3) is 0 Å². The topological polar surface area (TPSA) is 51.0 Å². The molecule has 4 aliphatic rings. The molecule has 5 rings (SSSR count). The van der Waals surface area contributed by atoms with Crippen LogP contribution in [0.2, 0.25) is 0 Å². The molecule has 4 nitrogen and oxygen atoms in total. The van der Waals surface area contributed by atoms with Gasteiger partial charge in [0, 0.05) is 25.2 Å². The average Bonchev–Trinajstić information content (AvgIpc) is 3.02. The lowest BCUT2D eigenvalue weighted by Gasteiger charge is -2.43. The maximum atomic E-state index is 12.8. The summed E-state index contributed by atoms with van der Waals surface area (Å²) >= 11 is 0. The second kappa shape index (κ2) is 7.90. The van der Waals surface area contributed by atoms with Crippen molar-refractivity contribution in [1.29, 1.82) is 0 Å². The molecular weight excluding hydrogens is 386 g/mol. The molecule has 2 fully saturated rings. The maximum absolute atomic E-state index is 12.8. The molecule has 2 aliphatic carbocycles. The number of carbonyl (C=O) groups excluding carboxylic acids is 1. The number of carbonyl (C=O) groups is 1. The Morgan fingerprint density at radius 3 is 2.65 bits per heavy atom. The fraction of sp³-hybridized carbons (Fsp3) is 0.593. The predicted octanol–water partition coefficient (Wildman–Crippen LogP) is 2.87. The molecule has 1 aromatic carbocycles. The minimum absolute atomic E-state index is 0.00616. The number of rotatable bonds is 4. The van der Waals surface area contributed by atoms with E-state index in [0.29, 0.717) is 6.42 Å². The van der Waals surface area contributed by atoms with E-state index in [9.17, 15) is 9.90 Å². The van der Waals surface area contributed by atoms with Gasteiger partial charge in [-0.25, -0.2) is 0 Å². The van der Waals surface area contributed by atoms with Gasteiger partial charge >= 0.3 is 5.97 Å². The summed E-state index contributed by atoms with van der Waals surface area (Å²) in [5.74, 6) is 0.148. The van der Waals surface area contributed by atoms with Crippen LogP contribution in [0.3, 0.4) is 0 Å². The van der Waals surface area contributed by atoms with E-state index in [4.69, 9.17) is 4.74 Å². The number of fused-ring (bicyclic) bond motifs is 2. The van der Waals surface area contributed by atoms with E-state index in [1.165, 1.54) is 21.6 Å². The highest BCUT2D eigenvalue weighted by atomic mass is 16.6. The van der Waals surface area contributed by atoms with E-state index < -0.39 is 5.60 Å². The van der Waals surface area contributed by atoms with Gasteiger partial charge in [0.2, 0.25) is 0 Å². The number of piperidine rings is 1. The first kappa shape index (κ1) is 21.0. The van der Waals surface area contributed by atoms with Crippen LogP contribution in [0, 0.1) is 17.3 Å². The fourth-order valence-electron chi connectivity index (χ4n) is 6.60. The van der Waals surface area contributed by atoms with Crippen LogP contribution >= 0.6 is 0 Å². The van der Waals surface area contributed by atoms with Crippen molar-refractivity contribution < 1.29 is 19.5 Å². The van der Waals surface area contributed by atoms with Gasteiger partial charge in [-0.2, -0.15) is 0 Å². The monoisotopic (exact) mass is 422 g/mol. The van der Waals surface area contributed by atoms with Crippen molar-refractivity contribution in [2.45, 2.75) is 64.1 Å². The first-order valence-corrected chi connectivity index (χ1v) is 12.1. The summed E-state index contributed by atoms with van der Waals surface area (Å²) in [5.41, 5.74) is 3.57. The Morgan fingerprint density at radius 1 is 1.16 bits per heavy atom. The van der Waals surface area contributed by atoms with Crippen molar-refractivity contribution in [3.8, 4) is 0 Å². The van der Waals surface area contributed by atoms with Crippen LogP contribution in [-0.2, 0) is 16.0 Å². The zero-order valence-corrected chi connectivity index (χ0v) is 18.9. The summed E-state index contributed by atoms with van der Waals surface area (Å²) < 4.78 is 5.92. The highest BCUT2D eigenvalue weighted by Gasteiger charge is 2.52. The van der Waals surface area contributed by atoms with Crippen LogP contribution in [0.1, 0.15) is 51.5 Å². The quantitative estimate of drug-likeness (QED) is 0.734. The SMILES string of the molecule is CC1=CCC[C@]2(C)C[C@H]3OC(=O)[C@@H](C[NH+]4CCC(O)(Cc5ccccc5)CC4)[C@H]3C=C12. The first-order valence-electron chi connectivity index (χ1n) is 12.1. The third-order valence-corrected chi connectivity index (χ3v) is 8.47. The van der Waals surface area contributed by atoms with E-state index in [0.717, 1.165) is 51.7 Å². The second-order valence-electron chi connectivity index (χ2n) is 10.8. The van der Waals surface area contributed by atoms with Gasteiger partial charge < -0.3 is 14.7 Å². The molecule has 0 amide bonds. The summed E-state index contributed by atoms with van der Waals surface area (Å²) in [6.07, 6.45) is 10.3. The van der Waals surface area contributed by atoms with Crippen molar-refractivity contribution in [2.24, 2.45) is 17.3 Å².